The number of quaternary nitrogens is 1. The number of carbonyl (C=O) groups excluding carboxylic acids is 1. The van der Waals surface area contributed by atoms with Crippen LogP contribution in [0.5, 0.6) is 0 Å². The lowest BCUT2D eigenvalue weighted by Crippen LogP contribution is -2.37. The monoisotopic (exact) mass is 1010 g/mol. The van der Waals surface area contributed by atoms with Crippen molar-refractivity contribution in [2.45, 2.75) is 200 Å². The van der Waals surface area contributed by atoms with E-state index in [1.54, 1.807) is 0 Å². The van der Waals surface area contributed by atoms with Crippen LogP contribution in [-0.2, 0) is 27.9 Å². The lowest BCUT2D eigenvalue weighted by Gasteiger charge is -2.28. The van der Waals surface area contributed by atoms with E-state index in [0.29, 0.717) is 24.1 Å². The standard InChI is InChI=1S/C62H104NO7P/c1-6-8-10-12-14-16-18-20-22-24-26-28-30-31-32-34-36-38-40-42-44-46-48-50-52-54-57-67-59-61(60-69-71(65,66)68-58-56-63(3,4)5)70-62(64)55-53-51-49-47-45-43-41-39-37-35-33-29-27-25-23-21-19-17-15-13-11-9-7-2/h8-11,14-17,20-23,26-29,35,37,41,43,47,49,61H,6-7,12-13,18-19,24-25,30-34,36,38-40,42,44-46,48,50-60H2,1-5H3/b10-8-,11-9-,16-14-,17-15-,22-20-,23-21-,28-26-,29-27-,37-35-,43-41-,49-47-. The van der Waals surface area contributed by atoms with Crippen LogP contribution >= 0.6 is 7.82 Å². The van der Waals surface area contributed by atoms with E-state index in [1.165, 1.54) is 77.0 Å². The molecule has 0 fully saturated rings. The molecule has 0 aromatic carbocycles. The molecule has 0 aromatic heterocycles. The van der Waals surface area contributed by atoms with Gasteiger partial charge in [0, 0.05) is 13.0 Å². The van der Waals surface area contributed by atoms with Crippen LogP contribution in [0.1, 0.15) is 194 Å². The predicted octanol–water partition coefficient (Wildman–Crippen LogP) is 17.2. The zero-order valence-corrected chi connectivity index (χ0v) is 46.8. The van der Waals surface area contributed by atoms with Crippen molar-refractivity contribution in [3.05, 3.63) is 134 Å². The van der Waals surface area contributed by atoms with E-state index < -0.39 is 19.9 Å². The van der Waals surface area contributed by atoms with Gasteiger partial charge < -0.3 is 27.9 Å². The van der Waals surface area contributed by atoms with E-state index in [9.17, 15) is 14.3 Å². The molecule has 9 heteroatoms. The van der Waals surface area contributed by atoms with Crippen molar-refractivity contribution >= 4 is 13.8 Å². The fourth-order valence-corrected chi connectivity index (χ4v) is 7.73. The van der Waals surface area contributed by atoms with Gasteiger partial charge in [-0.3, -0.25) is 9.36 Å². The number of phosphoric acid groups is 1. The Kier molecular flexibility index (Phi) is 50.4. The molecular weight excluding hydrogens is 902 g/mol. The number of ether oxygens (including phenoxy) is 2. The first kappa shape index (κ1) is 67.6. The van der Waals surface area contributed by atoms with Crippen LogP contribution in [0.4, 0.5) is 0 Å². The fraction of sp³-hybridized carbons (Fsp3) is 0.629. The summed E-state index contributed by atoms with van der Waals surface area (Å²) < 4.78 is 34.7. The minimum Gasteiger partial charge on any atom is -0.756 e. The molecule has 0 aliphatic heterocycles. The van der Waals surface area contributed by atoms with E-state index >= 15 is 0 Å². The summed E-state index contributed by atoms with van der Waals surface area (Å²) in [6, 6.07) is 0. The van der Waals surface area contributed by atoms with Crippen LogP contribution in [0.2, 0.25) is 0 Å². The van der Waals surface area contributed by atoms with Crippen LogP contribution in [-0.4, -0.2) is 70.7 Å². The molecule has 404 valence electrons. The molecule has 2 unspecified atom stereocenters. The number of unbranched alkanes of at least 4 members (excludes halogenated alkanes) is 14. The maximum Gasteiger partial charge on any atom is 0.306 e. The normalized spacial score (nSPS) is 14.5. The van der Waals surface area contributed by atoms with Crippen LogP contribution < -0.4 is 4.89 Å². The Balaban J connectivity index is 4.22. The van der Waals surface area contributed by atoms with Crippen molar-refractivity contribution in [3.8, 4) is 0 Å². The van der Waals surface area contributed by atoms with Crippen molar-refractivity contribution in [1.29, 1.82) is 0 Å². The summed E-state index contributed by atoms with van der Waals surface area (Å²) in [4.78, 5) is 25.2. The van der Waals surface area contributed by atoms with Gasteiger partial charge in [0.15, 0.2) is 0 Å². The average molecular weight is 1010 g/mol. The lowest BCUT2D eigenvalue weighted by atomic mass is 10.0. The van der Waals surface area contributed by atoms with E-state index in [2.05, 4.69) is 148 Å². The molecule has 0 saturated carbocycles. The minimum absolute atomic E-state index is 0.00740. The zero-order chi connectivity index (χ0) is 51.9. The largest absolute Gasteiger partial charge is 0.756 e. The molecule has 8 nitrogen and oxygen atoms in total. The van der Waals surface area contributed by atoms with Crippen molar-refractivity contribution in [3.63, 3.8) is 0 Å². The molecule has 0 amide bonds. The molecule has 0 saturated heterocycles. The van der Waals surface area contributed by atoms with Gasteiger partial charge in [-0.2, -0.15) is 0 Å². The fourth-order valence-electron chi connectivity index (χ4n) is 7.00. The molecule has 0 heterocycles. The Morgan fingerprint density at radius 3 is 1.15 bits per heavy atom. The smallest absolute Gasteiger partial charge is 0.306 e. The van der Waals surface area contributed by atoms with Crippen molar-refractivity contribution < 1.29 is 37.3 Å². The maximum atomic E-state index is 12.8. The number of nitrogens with zero attached hydrogens (tertiary/aromatic N) is 1. The minimum atomic E-state index is -4.56. The quantitative estimate of drug-likeness (QED) is 0.0197. The number of hydrogen-bond donors (Lipinski definition) is 0. The number of esters is 1. The first-order valence-corrected chi connectivity index (χ1v) is 29.4. The molecule has 0 aliphatic rings. The van der Waals surface area contributed by atoms with E-state index in [-0.39, 0.29) is 26.2 Å². The van der Waals surface area contributed by atoms with Crippen molar-refractivity contribution in [1.82, 2.24) is 0 Å². The number of hydrogen-bond acceptors (Lipinski definition) is 7. The highest BCUT2D eigenvalue weighted by molar-refractivity contribution is 7.45. The Morgan fingerprint density at radius 2 is 0.775 bits per heavy atom. The topological polar surface area (TPSA) is 94.1 Å². The summed E-state index contributed by atoms with van der Waals surface area (Å²) in [6.45, 7) is 5.08. The summed E-state index contributed by atoms with van der Waals surface area (Å²) in [6.07, 6.45) is 77.9. The van der Waals surface area contributed by atoms with Gasteiger partial charge >= 0.3 is 5.97 Å². The highest BCUT2D eigenvalue weighted by Crippen LogP contribution is 2.38. The molecule has 0 radical (unpaired) electrons. The van der Waals surface area contributed by atoms with Gasteiger partial charge in [0.1, 0.15) is 19.3 Å². The highest BCUT2D eigenvalue weighted by atomic mass is 31.2. The first-order chi connectivity index (χ1) is 34.6. The van der Waals surface area contributed by atoms with E-state index in [1.807, 2.05) is 21.1 Å². The third kappa shape index (κ3) is 57.4. The number of phosphoric ester groups is 1. The Hall–Kier alpha value is -3.36. The molecule has 0 aliphatic carbocycles. The molecule has 0 spiro atoms. The van der Waals surface area contributed by atoms with Crippen LogP contribution in [0.25, 0.3) is 0 Å². The molecular formula is C62H104NO7P. The van der Waals surface area contributed by atoms with E-state index in [4.69, 9.17) is 18.5 Å². The van der Waals surface area contributed by atoms with Gasteiger partial charge in [0.25, 0.3) is 7.82 Å². The third-order valence-corrected chi connectivity index (χ3v) is 12.2. The lowest BCUT2D eigenvalue weighted by molar-refractivity contribution is -0.870. The maximum absolute atomic E-state index is 12.8. The zero-order valence-electron chi connectivity index (χ0n) is 45.9. The SMILES string of the molecule is CC/C=C\C/C=C\C/C=C\C/C=C\C/C=C\C/C=C\C/C=C\CCCC(=O)OC(COCCCCCCCCCCCCCCC/C=C\C/C=C\C/C=C\C/C=C\CC)COP(=O)([O-])OCC[N+](C)(C)C. The van der Waals surface area contributed by atoms with Gasteiger partial charge in [-0.15, -0.1) is 0 Å². The van der Waals surface area contributed by atoms with Gasteiger partial charge in [-0.05, 0) is 103 Å². The molecule has 0 aromatic rings. The summed E-state index contributed by atoms with van der Waals surface area (Å²) in [5, 5.41) is 0. The number of allylic oxidation sites excluding steroid dienone is 22. The summed E-state index contributed by atoms with van der Waals surface area (Å²) in [5.41, 5.74) is 0. The second-order valence-corrected chi connectivity index (χ2v) is 20.6. The first-order valence-electron chi connectivity index (χ1n) is 27.9. The average Bonchev–Trinajstić information content (AvgIpc) is 3.33. The number of likely N-dealkylation sites (N-methyl/N-ethyl adjacent to an activating group) is 1. The Bertz CT molecular complexity index is 1590. The summed E-state index contributed by atoms with van der Waals surface area (Å²) in [7, 11) is 1.30. The number of rotatable bonds is 50. The van der Waals surface area contributed by atoms with E-state index in [0.717, 1.165) is 89.9 Å². The van der Waals surface area contributed by atoms with Crippen LogP contribution in [0, 0.1) is 0 Å². The third-order valence-electron chi connectivity index (χ3n) is 11.2. The highest BCUT2D eigenvalue weighted by Gasteiger charge is 2.20. The van der Waals surface area contributed by atoms with Crippen molar-refractivity contribution in [2.75, 3.05) is 54.1 Å². The Labute approximate surface area is 436 Å². The van der Waals surface area contributed by atoms with Crippen LogP contribution in [0.3, 0.4) is 0 Å². The van der Waals surface area contributed by atoms with Crippen LogP contribution in [0.15, 0.2) is 134 Å². The second kappa shape index (κ2) is 52.9. The van der Waals surface area contributed by atoms with Crippen molar-refractivity contribution in [2.24, 2.45) is 0 Å². The predicted molar refractivity (Wildman–Crippen MR) is 304 cm³/mol. The summed E-state index contributed by atoms with van der Waals surface area (Å²) in [5.74, 6) is -0.396. The van der Waals surface area contributed by atoms with Gasteiger partial charge in [-0.1, -0.05) is 218 Å². The molecule has 2 atom stereocenters. The van der Waals surface area contributed by atoms with Gasteiger partial charge in [0.05, 0.1) is 34.4 Å². The molecule has 0 rings (SSSR count). The molecule has 0 bridgehead atoms. The van der Waals surface area contributed by atoms with Gasteiger partial charge in [-0.25, -0.2) is 0 Å². The number of carbonyl (C=O) groups is 1. The second-order valence-electron chi connectivity index (χ2n) is 19.2. The summed E-state index contributed by atoms with van der Waals surface area (Å²) >= 11 is 0. The molecule has 71 heavy (non-hydrogen) atoms. The van der Waals surface area contributed by atoms with Gasteiger partial charge in [0.2, 0.25) is 0 Å². The Morgan fingerprint density at radius 1 is 0.437 bits per heavy atom. The molecule has 0 N–H and O–H groups in total.